The van der Waals surface area contributed by atoms with Gasteiger partial charge >= 0.3 is 0 Å². The van der Waals surface area contributed by atoms with E-state index in [0.717, 1.165) is 21.1 Å². The first-order chi connectivity index (χ1) is 5.70. The Hall–Kier alpha value is -0.0200. The van der Waals surface area contributed by atoms with E-state index < -0.39 is 0 Å². The van der Waals surface area contributed by atoms with Gasteiger partial charge < -0.3 is 5.73 Å². The van der Waals surface area contributed by atoms with Crippen molar-refractivity contribution in [1.29, 1.82) is 0 Å². The molecular weight excluding hydrogens is 282 g/mol. The number of fused-ring (bicyclic) bond motifs is 1. The maximum absolute atomic E-state index is 5.86. The second-order valence-corrected chi connectivity index (χ2v) is 4.72. The van der Waals surface area contributed by atoms with Crippen LogP contribution >= 0.6 is 31.9 Å². The molecule has 2 rings (SSSR count). The van der Waals surface area contributed by atoms with Crippen molar-refractivity contribution < 1.29 is 0 Å². The minimum atomic E-state index is 0.829. The third kappa shape index (κ3) is 1.19. The van der Waals surface area contributed by atoms with Gasteiger partial charge in [0.1, 0.15) is 0 Å². The van der Waals surface area contributed by atoms with Gasteiger partial charge in [0.25, 0.3) is 0 Å². The Labute approximate surface area is 88.6 Å². The predicted octanol–water partition coefficient (Wildman–Crippen LogP) is 3.28. The number of benzene rings is 1. The average Bonchev–Trinajstić information content (AvgIpc) is 2.48. The van der Waals surface area contributed by atoms with Crippen LogP contribution in [0.3, 0.4) is 0 Å². The SMILES string of the molecule is Nc1c(Br)cc2c(c1Br)CCC2. The molecule has 0 atom stereocenters. The fourth-order valence-corrected chi connectivity index (χ4v) is 3.08. The molecule has 0 heterocycles. The fraction of sp³-hybridized carbons (Fsp3) is 0.333. The number of hydrogen-bond acceptors (Lipinski definition) is 1. The number of nitrogen functional groups attached to an aromatic ring is 1. The summed E-state index contributed by atoms with van der Waals surface area (Å²) in [6, 6.07) is 2.14. The van der Waals surface area contributed by atoms with Crippen molar-refractivity contribution in [2.75, 3.05) is 5.73 Å². The highest BCUT2D eigenvalue weighted by Gasteiger charge is 2.17. The van der Waals surface area contributed by atoms with E-state index in [-0.39, 0.29) is 0 Å². The highest BCUT2D eigenvalue weighted by atomic mass is 79.9. The number of anilines is 1. The molecule has 0 fully saturated rings. The van der Waals surface area contributed by atoms with E-state index in [1.54, 1.807) is 0 Å². The summed E-state index contributed by atoms with van der Waals surface area (Å²) in [6.45, 7) is 0. The van der Waals surface area contributed by atoms with Crippen LogP contribution in [-0.2, 0) is 12.8 Å². The molecule has 1 aromatic rings. The van der Waals surface area contributed by atoms with Crippen LogP contribution in [0.2, 0.25) is 0 Å². The molecule has 3 heteroatoms. The molecule has 0 radical (unpaired) electrons. The highest BCUT2D eigenvalue weighted by molar-refractivity contribution is 9.11. The first-order valence-electron chi connectivity index (χ1n) is 3.95. The Morgan fingerprint density at radius 2 is 2.00 bits per heavy atom. The molecule has 64 valence electrons. The summed E-state index contributed by atoms with van der Waals surface area (Å²) < 4.78 is 2.10. The molecule has 1 aromatic carbocycles. The standard InChI is InChI=1S/C9H9Br2N/c10-7-4-5-2-1-3-6(5)8(11)9(7)12/h4H,1-3,12H2. The average molecular weight is 291 g/mol. The van der Waals surface area contributed by atoms with Crippen LogP contribution in [-0.4, -0.2) is 0 Å². The van der Waals surface area contributed by atoms with Gasteiger partial charge in [0.05, 0.1) is 5.69 Å². The van der Waals surface area contributed by atoms with E-state index in [0.29, 0.717) is 0 Å². The molecule has 0 aliphatic heterocycles. The van der Waals surface area contributed by atoms with Crippen LogP contribution in [0.5, 0.6) is 0 Å². The zero-order chi connectivity index (χ0) is 8.72. The van der Waals surface area contributed by atoms with Crippen LogP contribution < -0.4 is 5.73 Å². The lowest BCUT2D eigenvalue weighted by Gasteiger charge is -2.07. The van der Waals surface area contributed by atoms with Gasteiger partial charge in [-0.1, -0.05) is 0 Å². The third-order valence-electron chi connectivity index (χ3n) is 2.32. The number of halogens is 2. The van der Waals surface area contributed by atoms with Crippen molar-refractivity contribution in [3.8, 4) is 0 Å². The van der Waals surface area contributed by atoms with E-state index in [1.165, 1.54) is 24.0 Å². The monoisotopic (exact) mass is 289 g/mol. The molecule has 1 nitrogen and oxygen atoms in total. The van der Waals surface area contributed by atoms with E-state index in [1.807, 2.05) is 0 Å². The Morgan fingerprint density at radius 3 is 2.75 bits per heavy atom. The number of aryl methyl sites for hydroxylation is 1. The molecule has 0 unspecified atom stereocenters. The van der Waals surface area contributed by atoms with Crippen LogP contribution in [0, 0.1) is 0 Å². The van der Waals surface area contributed by atoms with Crippen molar-refractivity contribution in [3.63, 3.8) is 0 Å². The summed E-state index contributed by atoms with van der Waals surface area (Å²) in [4.78, 5) is 0. The molecule has 2 N–H and O–H groups in total. The second-order valence-electron chi connectivity index (χ2n) is 3.08. The molecular formula is C9H9Br2N. The summed E-state index contributed by atoms with van der Waals surface area (Å²) in [5.41, 5.74) is 9.52. The molecule has 0 bridgehead atoms. The maximum atomic E-state index is 5.86. The first kappa shape index (κ1) is 8.57. The summed E-state index contributed by atoms with van der Waals surface area (Å²) in [5.74, 6) is 0. The van der Waals surface area contributed by atoms with E-state index in [9.17, 15) is 0 Å². The molecule has 0 aromatic heterocycles. The van der Waals surface area contributed by atoms with Crippen molar-refractivity contribution >= 4 is 37.5 Å². The lowest BCUT2D eigenvalue weighted by Crippen LogP contribution is -1.93. The molecule has 0 amide bonds. The van der Waals surface area contributed by atoms with Gasteiger partial charge in [0, 0.05) is 8.95 Å². The normalized spacial score (nSPS) is 14.8. The summed E-state index contributed by atoms with van der Waals surface area (Å²) in [7, 11) is 0. The molecule has 1 aliphatic carbocycles. The number of nitrogens with two attached hydrogens (primary N) is 1. The summed E-state index contributed by atoms with van der Waals surface area (Å²) in [5, 5.41) is 0. The van der Waals surface area contributed by atoms with Gasteiger partial charge in [0.15, 0.2) is 0 Å². The summed E-state index contributed by atoms with van der Waals surface area (Å²) >= 11 is 6.97. The van der Waals surface area contributed by atoms with Gasteiger partial charge in [-0.05, 0) is 68.3 Å². The predicted molar refractivity (Wildman–Crippen MR) is 58.3 cm³/mol. The molecule has 0 saturated heterocycles. The Balaban J connectivity index is 2.67. The van der Waals surface area contributed by atoms with Crippen LogP contribution in [0.25, 0.3) is 0 Å². The zero-order valence-corrected chi connectivity index (χ0v) is 9.70. The van der Waals surface area contributed by atoms with Gasteiger partial charge in [-0.3, -0.25) is 0 Å². The van der Waals surface area contributed by atoms with Crippen molar-refractivity contribution in [3.05, 3.63) is 26.1 Å². The van der Waals surface area contributed by atoms with Crippen LogP contribution in [0.4, 0.5) is 5.69 Å². The van der Waals surface area contributed by atoms with Gasteiger partial charge in [-0.25, -0.2) is 0 Å². The van der Waals surface area contributed by atoms with Gasteiger partial charge in [-0.2, -0.15) is 0 Å². The van der Waals surface area contributed by atoms with Crippen molar-refractivity contribution in [1.82, 2.24) is 0 Å². The number of hydrogen-bond donors (Lipinski definition) is 1. The Bertz CT molecular complexity index is 334. The molecule has 12 heavy (non-hydrogen) atoms. The Kier molecular flexibility index (Phi) is 2.17. The van der Waals surface area contributed by atoms with Gasteiger partial charge in [0.2, 0.25) is 0 Å². The van der Waals surface area contributed by atoms with E-state index in [4.69, 9.17) is 5.73 Å². The quantitative estimate of drug-likeness (QED) is 0.729. The summed E-state index contributed by atoms with van der Waals surface area (Å²) in [6.07, 6.45) is 3.60. The zero-order valence-electron chi connectivity index (χ0n) is 6.53. The highest BCUT2D eigenvalue weighted by Crippen LogP contribution is 2.37. The largest absolute Gasteiger partial charge is 0.397 e. The number of rotatable bonds is 0. The van der Waals surface area contributed by atoms with E-state index >= 15 is 0 Å². The maximum Gasteiger partial charge on any atom is 0.0605 e. The third-order valence-corrected chi connectivity index (χ3v) is 3.88. The lowest BCUT2D eigenvalue weighted by atomic mass is 10.1. The van der Waals surface area contributed by atoms with Crippen LogP contribution in [0.15, 0.2) is 15.0 Å². The molecule has 0 saturated carbocycles. The second kappa shape index (κ2) is 3.04. The van der Waals surface area contributed by atoms with E-state index in [2.05, 4.69) is 37.9 Å². The van der Waals surface area contributed by atoms with Crippen molar-refractivity contribution in [2.24, 2.45) is 0 Å². The lowest BCUT2D eigenvalue weighted by molar-refractivity contribution is 0.910. The van der Waals surface area contributed by atoms with Crippen LogP contribution in [0.1, 0.15) is 17.5 Å². The smallest absolute Gasteiger partial charge is 0.0605 e. The first-order valence-corrected chi connectivity index (χ1v) is 5.54. The minimum Gasteiger partial charge on any atom is -0.397 e. The molecule has 0 spiro atoms. The fourth-order valence-electron chi connectivity index (χ4n) is 1.68. The Morgan fingerprint density at radius 1 is 1.25 bits per heavy atom. The topological polar surface area (TPSA) is 26.0 Å². The molecule has 1 aliphatic rings. The minimum absolute atomic E-state index is 0.829. The van der Waals surface area contributed by atoms with Crippen molar-refractivity contribution in [2.45, 2.75) is 19.3 Å². The van der Waals surface area contributed by atoms with Gasteiger partial charge in [-0.15, -0.1) is 0 Å².